The molecule has 6 N–H and O–H groups in total. The Morgan fingerprint density at radius 1 is 0.952 bits per heavy atom. The van der Waals surface area contributed by atoms with Gasteiger partial charge in [0.1, 0.15) is 0 Å². The molecule has 0 aromatic heterocycles. The van der Waals surface area contributed by atoms with Gasteiger partial charge in [-0.25, -0.2) is 0 Å². The first-order chi connectivity index (χ1) is 9.69. The maximum Gasteiger partial charge on any atom is 0.00495 e. The average Bonchev–Trinajstić information content (AvgIpc) is 2.37. The summed E-state index contributed by atoms with van der Waals surface area (Å²) in [5.74, 6) is 1.81. The zero-order valence-corrected chi connectivity index (χ0v) is 14.8. The van der Waals surface area contributed by atoms with E-state index in [1.807, 2.05) is 0 Å². The first-order valence-corrected chi connectivity index (χ1v) is 8.85. The van der Waals surface area contributed by atoms with E-state index in [-0.39, 0.29) is 5.41 Å². The molecular weight excluding hydrogens is 258 g/mol. The molecule has 0 spiro atoms. The average molecular weight is 298 g/mol. The van der Waals surface area contributed by atoms with Crippen LogP contribution in [0.3, 0.4) is 0 Å². The van der Waals surface area contributed by atoms with E-state index in [1.165, 1.54) is 32.1 Å². The van der Waals surface area contributed by atoms with Crippen LogP contribution in [-0.2, 0) is 0 Å². The van der Waals surface area contributed by atoms with Crippen molar-refractivity contribution < 1.29 is 0 Å². The zero-order chi connectivity index (χ0) is 16.1. The third-order valence-electron chi connectivity index (χ3n) is 5.44. The molecule has 0 aliphatic heterocycles. The van der Waals surface area contributed by atoms with E-state index >= 15 is 0 Å². The van der Waals surface area contributed by atoms with Gasteiger partial charge in [-0.1, -0.05) is 40.5 Å². The van der Waals surface area contributed by atoms with Crippen LogP contribution in [-0.4, -0.2) is 19.1 Å². The Hall–Kier alpha value is -0.120. The molecule has 0 aromatic carbocycles. The second kappa shape index (κ2) is 7.94. The smallest absolute Gasteiger partial charge is 0.00495 e. The maximum atomic E-state index is 6.01. The van der Waals surface area contributed by atoms with E-state index in [0.29, 0.717) is 11.5 Å². The van der Waals surface area contributed by atoms with E-state index in [2.05, 4.69) is 27.7 Å². The number of hydrogen-bond donors (Lipinski definition) is 3. The van der Waals surface area contributed by atoms with Crippen LogP contribution in [0.25, 0.3) is 0 Å². The van der Waals surface area contributed by atoms with Crippen molar-refractivity contribution in [3.8, 4) is 0 Å². The van der Waals surface area contributed by atoms with E-state index in [4.69, 9.17) is 17.2 Å². The molecule has 3 heteroatoms. The summed E-state index contributed by atoms with van der Waals surface area (Å²) >= 11 is 0. The van der Waals surface area contributed by atoms with E-state index in [0.717, 1.165) is 37.8 Å². The summed E-state index contributed by atoms with van der Waals surface area (Å²) in [7, 11) is 0. The normalized spacial score (nSPS) is 39.3. The van der Waals surface area contributed by atoms with Gasteiger partial charge < -0.3 is 17.2 Å². The van der Waals surface area contributed by atoms with Gasteiger partial charge in [-0.05, 0) is 67.9 Å². The van der Waals surface area contributed by atoms with Gasteiger partial charge in [0, 0.05) is 6.04 Å². The summed E-state index contributed by atoms with van der Waals surface area (Å²) in [5, 5.41) is 0. The molecule has 0 saturated heterocycles. The van der Waals surface area contributed by atoms with Gasteiger partial charge in [-0.15, -0.1) is 0 Å². The van der Waals surface area contributed by atoms with E-state index < -0.39 is 0 Å². The number of rotatable bonds is 2. The summed E-state index contributed by atoms with van der Waals surface area (Å²) in [5.41, 5.74) is 18.0. The van der Waals surface area contributed by atoms with Gasteiger partial charge in [0.25, 0.3) is 0 Å². The van der Waals surface area contributed by atoms with Crippen molar-refractivity contribution in [1.82, 2.24) is 0 Å². The minimum absolute atomic E-state index is 0.279. The monoisotopic (exact) mass is 297 g/mol. The summed E-state index contributed by atoms with van der Waals surface area (Å²) in [6.07, 6.45) is 9.00. The van der Waals surface area contributed by atoms with Gasteiger partial charge in [-0.2, -0.15) is 0 Å². The number of nitrogens with two attached hydrogens (primary N) is 3. The highest BCUT2D eigenvalue weighted by Crippen LogP contribution is 2.44. The highest BCUT2D eigenvalue weighted by atomic mass is 14.7. The maximum absolute atomic E-state index is 6.01. The van der Waals surface area contributed by atoms with Crippen LogP contribution < -0.4 is 17.2 Å². The van der Waals surface area contributed by atoms with E-state index in [9.17, 15) is 0 Å². The predicted octanol–water partition coefficient (Wildman–Crippen LogP) is 3.26. The van der Waals surface area contributed by atoms with Gasteiger partial charge in [0.15, 0.2) is 0 Å². The molecule has 2 unspecified atom stereocenters. The molecule has 2 aliphatic carbocycles. The predicted molar refractivity (Wildman–Crippen MR) is 92.9 cm³/mol. The Morgan fingerprint density at radius 3 is 1.95 bits per heavy atom. The largest absolute Gasteiger partial charge is 0.330 e. The topological polar surface area (TPSA) is 78.1 Å². The Bertz CT molecular complexity index is 295. The summed E-state index contributed by atoms with van der Waals surface area (Å²) in [4.78, 5) is 0. The molecule has 2 rings (SSSR count). The van der Waals surface area contributed by atoms with Crippen molar-refractivity contribution in [3.63, 3.8) is 0 Å². The molecule has 0 amide bonds. The first kappa shape index (κ1) is 18.9. The Kier molecular flexibility index (Phi) is 7.15. The van der Waals surface area contributed by atoms with Crippen molar-refractivity contribution in [3.05, 3.63) is 0 Å². The molecule has 0 heterocycles. The highest BCUT2D eigenvalue weighted by molar-refractivity contribution is 4.93. The van der Waals surface area contributed by atoms with E-state index in [1.54, 1.807) is 0 Å². The second-order valence-electron chi connectivity index (χ2n) is 8.89. The summed E-state index contributed by atoms with van der Waals surface area (Å²) in [6, 6.07) is 0.349. The van der Waals surface area contributed by atoms with Crippen molar-refractivity contribution in [1.29, 1.82) is 0 Å². The molecule has 0 radical (unpaired) electrons. The first-order valence-electron chi connectivity index (χ1n) is 8.85. The van der Waals surface area contributed by atoms with Crippen LogP contribution in [0.4, 0.5) is 0 Å². The lowest BCUT2D eigenvalue weighted by Gasteiger charge is -2.45. The van der Waals surface area contributed by atoms with Gasteiger partial charge in [0.05, 0.1) is 0 Å². The Labute approximate surface area is 132 Å². The fourth-order valence-electron chi connectivity index (χ4n) is 4.43. The van der Waals surface area contributed by atoms with Crippen molar-refractivity contribution in [2.75, 3.05) is 13.1 Å². The summed E-state index contributed by atoms with van der Waals surface area (Å²) < 4.78 is 0. The van der Waals surface area contributed by atoms with Gasteiger partial charge in [0.2, 0.25) is 0 Å². The third kappa shape index (κ3) is 6.66. The summed E-state index contributed by atoms with van der Waals surface area (Å²) in [6.45, 7) is 10.9. The lowest BCUT2D eigenvalue weighted by molar-refractivity contribution is 0.0904. The molecule has 0 bridgehead atoms. The molecule has 3 nitrogen and oxygen atoms in total. The fourth-order valence-corrected chi connectivity index (χ4v) is 4.43. The van der Waals surface area contributed by atoms with Crippen LogP contribution >= 0.6 is 0 Å². The molecular formula is C18H39N3. The Balaban J connectivity index is 0.000000219. The minimum atomic E-state index is 0.279. The van der Waals surface area contributed by atoms with Crippen LogP contribution in [0.5, 0.6) is 0 Å². The second-order valence-corrected chi connectivity index (χ2v) is 8.89. The molecule has 2 aliphatic rings. The Morgan fingerprint density at radius 2 is 1.52 bits per heavy atom. The lowest BCUT2D eigenvalue weighted by Crippen LogP contribution is -2.45. The minimum Gasteiger partial charge on any atom is -0.330 e. The van der Waals surface area contributed by atoms with Gasteiger partial charge >= 0.3 is 0 Å². The van der Waals surface area contributed by atoms with Crippen molar-refractivity contribution in [2.24, 2.45) is 39.9 Å². The van der Waals surface area contributed by atoms with Crippen molar-refractivity contribution in [2.45, 2.75) is 78.7 Å². The zero-order valence-electron chi connectivity index (χ0n) is 14.8. The molecule has 126 valence electrons. The molecule has 2 fully saturated rings. The SMILES string of the molecule is CC1(C)CC(N)CC(C)(CN)C1.CC1CCC(CN)CC1. The lowest BCUT2D eigenvalue weighted by atomic mass is 9.63. The van der Waals surface area contributed by atoms with Crippen LogP contribution in [0, 0.1) is 22.7 Å². The number of hydrogen-bond acceptors (Lipinski definition) is 3. The molecule has 2 saturated carbocycles. The van der Waals surface area contributed by atoms with Gasteiger partial charge in [-0.3, -0.25) is 0 Å². The fraction of sp³-hybridized carbons (Fsp3) is 1.00. The molecule has 0 aromatic rings. The van der Waals surface area contributed by atoms with Crippen LogP contribution in [0.1, 0.15) is 72.6 Å². The molecule has 21 heavy (non-hydrogen) atoms. The molecule has 2 atom stereocenters. The standard InChI is InChI=1S/C10H22N2.C8H17N/c1-9(2)4-8(12)5-10(3,6-9)7-11;1-7-2-4-8(6-9)5-3-7/h8H,4-7,11-12H2,1-3H3;7-8H,2-6,9H2,1H3. The van der Waals surface area contributed by atoms with Crippen molar-refractivity contribution >= 4 is 0 Å². The third-order valence-corrected chi connectivity index (χ3v) is 5.44. The van der Waals surface area contributed by atoms with Crippen LogP contribution in [0.2, 0.25) is 0 Å². The quantitative estimate of drug-likeness (QED) is 0.732. The van der Waals surface area contributed by atoms with Crippen LogP contribution in [0.15, 0.2) is 0 Å². The highest BCUT2D eigenvalue weighted by Gasteiger charge is 2.38.